The summed E-state index contributed by atoms with van der Waals surface area (Å²) in [5, 5.41) is 0. The number of nitrogens with two attached hydrogens (primary N) is 1. The molecule has 1 rings (SSSR count). The first-order chi connectivity index (χ1) is 8.29. The van der Waals surface area contributed by atoms with Crippen LogP contribution in [0.25, 0.3) is 0 Å². The van der Waals surface area contributed by atoms with E-state index in [1.54, 1.807) is 0 Å². The summed E-state index contributed by atoms with van der Waals surface area (Å²) in [6.07, 6.45) is 7.85. The predicted molar refractivity (Wildman–Crippen MR) is 73.2 cm³/mol. The average molecular weight is 242 g/mol. The highest BCUT2D eigenvalue weighted by atomic mass is 16.5. The molecule has 17 heavy (non-hydrogen) atoms. The molecule has 0 spiro atoms. The third kappa shape index (κ3) is 5.36. The number of rotatable bonds is 6. The summed E-state index contributed by atoms with van der Waals surface area (Å²) < 4.78 is 5.47. The van der Waals surface area contributed by atoms with Crippen molar-refractivity contribution in [3.63, 3.8) is 0 Å². The van der Waals surface area contributed by atoms with Crippen molar-refractivity contribution in [2.45, 2.75) is 64.5 Å². The van der Waals surface area contributed by atoms with E-state index in [0.717, 1.165) is 26.3 Å². The number of ether oxygens (including phenoxy) is 1. The van der Waals surface area contributed by atoms with Crippen LogP contribution in [0.5, 0.6) is 0 Å². The van der Waals surface area contributed by atoms with Gasteiger partial charge in [-0.05, 0) is 26.3 Å². The number of likely N-dealkylation sites (N-methyl/N-ethyl adjacent to an activating group) is 1. The molecule has 0 radical (unpaired) electrons. The van der Waals surface area contributed by atoms with Crippen molar-refractivity contribution in [2.75, 3.05) is 26.3 Å². The topological polar surface area (TPSA) is 38.5 Å². The van der Waals surface area contributed by atoms with Gasteiger partial charge in [0.25, 0.3) is 0 Å². The van der Waals surface area contributed by atoms with Crippen LogP contribution in [0.2, 0.25) is 0 Å². The van der Waals surface area contributed by atoms with E-state index in [-0.39, 0.29) is 0 Å². The minimum atomic E-state index is 0.358. The molecule has 0 bridgehead atoms. The summed E-state index contributed by atoms with van der Waals surface area (Å²) >= 11 is 0. The third-order valence-electron chi connectivity index (χ3n) is 3.88. The highest BCUT2D eigenvalue weighted by molar-refractivity contribution is 4.83. The second-order valence-electron chi connectivity index (χ2n) is 5.05. The second-order valence-corrected chi connectivity index (χ2v) is 5.05. The Hall–Kier alpha value is -0.120. The summed E-state index contributed by atoms with van der Waals surface area (Å²) in [6.45, 7) is 8.06. The van der Waals surface area contributed by atoms with Crippen LogP contribution in [0.1, 0.15) is 52.4 Å². The summed E-state index contributed by atoms with van der Waals surface area (Å²) in [5.74, 6) is 0. The Morgan fingerprint density at radius 1 is 1.12 bits per heavy atom. The molecular weight excluding hydrogens is 212 g/mol. The first kappa shape index (κ1) is 14.9. The maximum Gasteiger partial charge on any atom is 0.0593 e. The fourth-order valence-corrected chi connectivity index (χ4v) is 2.83. The van der Waals surface area contributed by atoms with Crippen molar-refractivity contribution >= 4 is 0 Å². The van der Waals surface area contributed by atoms with Gasteiger partial charge >= 0.3 is 0 Å². The molecule has 0 amide bonds. The molecule has 3 nitrogen and oxygen atoms in total. The molecule has 0 aliphatic heterocycles. The normalized spacial score (nSPS) is 26.8. The molecule has 0 aromatic carbocycles. The van der Waals surface area contributed by atoms with Crippen molar-refractivity contribution in [2.24, 2.45) is 5.73 Å². The molecule has 1 saturated carbocycles. The monoisotopic (exact) mass is 242 g/mol. The summed E-state index contributed by atoms with van der Waals surface area (Å²) in [5.41, 5.74) is 6.35. The average Bonchev–Trinajstić information content (AvgIpc) is 2.32. The fraction of sp³-hybridized carbons (Fsp3) is 1.00. The van der Waals surface area contributed by atoms with Crippen molar-refractivity contribution in [3.05, 3.63) is 0 Å². The quantitative estimate of drug-likeness (QED) is 0.727. The van der Waals surface area contributed by atoms with Gasteiger partial charge in [-0.1, -0.05) is 32.6 Å². The van der Waals surface area contributed by atoms with Crippen LogP contribution in [0.15, 0.2) is 0 Å². The zero-order valence-electron chi connectivity index (χ0n) is 11.7. The largest absolute Gasteiger partial charge is 0.380 e. The highest BCUT2D eigenvalue weighted by Crippen LogP contribution is 2.20. The van der Waals surface area contributed by atoms with Gasteiger partial charge in [-0.15, -0.1) is 0 Å². The Kier molecular flexibility index (Phi) is 7.82. The number of nitrogens with zero attached hydrogens (tertiary/aromatic N) is 1. The van der Waals surface area contributed by atoms with E-state index in [1.807, 2.05) is 0 Å². The molecule has 2 atom stereocenters. The number of hydrogen-bond donors (Lipinski definition) is 1. The van der Waals surface area contributed by atoms with Crippen LogP contribution in [-0.2, 0) is 4.74 Å². The molecule has 3 heteroatoms. The van der Waals surface area contributed by atoms with Crippen LogP contribution in [0, 0.1) is 0 Å². The smallest absolute Gasteiger partial charge is 0.0593 e. The van der Waals surface area contributed by atoms with Gasteiger partial charge in [0.1, 0.15) is 0 Å². The maximum atomic E-state index is 6.35. The molecule has 0 heterocycles. The Morgan fingerprint density at radius 2 is 1.82 bits per heavy atom. The molecule has 2 N–H and O–H groups in total. The fourth-order valence-electron chi connectivity index (χ4n) is 2.83. The molecule has 0 aromatic heterocycles. The maximum absolute atomic E-state index is 6.35. The van der Waals surface area contributed by atoms with Gasteiger partial charge in [0.2, 0.25) is 0 Å². The SMILES string of the molecule is CCOCCN(CC)C1CCCCCCC1N. The Labute approximate surface area is 107 Å². The summed E-state index contributed by atoms with van der Waals surface area (Å²) in [6, 6.07) is 0.928. The number of hydrogen-bond acceptors (Lipinski definition) is 3. The van der Waals surface area contributed by atoms with Crippen LogP contribution in [0.4, 0.5) is 0 Å². The van der Waals surface area contributed by atoms with Gasteiger partial charge in [0, 0.05) is 25.2 Å². The predicted octanol–water partition coefficient (Wildman–Crippen LogP) is 2.39. The Morgan fingerprint density at radius 3 is 2.47 bits per heavy atom. The van der Waals surface area contributed by atoms with E-state index in [9.17, 15) is 0 Å². The van der Waals surface area contributed by atoms with Crippen molar-refractivity contribution < 1.29 is 4.74 Å². The zero-order chi connectivity index (χ0) is 12.5. The van der Waals surface area contributed by atoms with Gasteiger partial charge in [-0.25, -0.2) is 0 Å². The standard InChI is InChI=1S/C14H30N2O/c1-3-16(11-12-17-4-2)14-10-8-6-5-7-9-13(14)15/h13-14H,3-12,15H2,1-2H3. The van der Waals surface area contributed by atoms with Crippen LogP contribution >= 0.6 is 0 Å². The lowest BCUT2D eigenvalue weighted by Crippen LogP contribution is -2.49. The second kappa shape index (κ2) is 8.90. The lowest BCUT2D eigenvalue weighted by molar-refractivity contribution is 0.0828. The van der Waals surface area contributed by atoms with Gasteiger partial charge < -0.3 is 10.5 Å². The first-order valence-electron chi connectivity index (χ1n) is 7.37. The zero-order valence-corrected chi connectivity index (χ0v) is 11.7. The molecule has 2 unspecified atom stereocenters. The first-order valence-corrected chi connectivity index (χ1v) is 7.37. The molecule has 1 aliphatic carbocycles. The minimum Gasteiger partial charge on any atom is -0.380 e. The third-order valence-corrected chi connectivity index (χ3v) is 3.88. The van der Waals surface area contributed by atoms with Crippen LogP contribution in [-0.4, -0.2) is 43.3 Å². The van der Waals surface area contributed by atoms with Gasteiger partial charge in [-0.3, -0.25) is 4.90 Å². The Balaban J connectivity index is 2.44. The van der Waals surface area contributed by atoms with Crippen molar-refractivity contribution in [3.8, 4) is 0 Å². The lowest BCUT2D eigenvalue weighted by atomic mass is 9.92. The molecule has 1 aliphatic rings. The molecule has 0 saturated heterocycles. The molecular formula is C14H30N2O. The molecule has 1 fully saturated rings. The summed E-state index contributed by atoms with van der Waals surface area (Å²) in [4.78, 5) is 2.52. The highest BCUT2D eigenvalue weighted by Gasteiger charge is 2.24. The van der Waals surface area contributed by atoms with E-state index < -0.39 is 0 Å². The van der Waals surface area contributed by atoms with E-state index in [1.165, 1.54) is 38.5 Å². The molecule has 0 aromatic rings. The van der Waals surface area contributed by atoms with Crippen molar-refractivity contribution in [1.29, 1.82) is 0 Å². The van der Waals surface area contributed by atoms with E-state index in [4.69, 9.17) is 10.5 Å². The van der Waals surface area contributed by atoms with Crippen molar-refractivity contribution in [1.82, 2.24) is 4.90 Å². The van der Waals surface area contributed by atoms with E-state index in [2.05, 4.69) is 18.7 Å². The van der Waals surface area contributed by atoms with Gasteiger partial charge in [-0.2, -0.15) is 0 Å². The van der Waals surface area contributed by atoms with Gasteiger partial charge in [0.05, 0.1) is 6.61 Å². The molecule has 102 valence electrons. The van der Waals surface area contributed by atoms with Crippen LogP contribution in [0.3, 0.4) is 0 Å². The van der Waals surface area contributed by atoms with Crippen LogP contribution < -0.4 is 5.73 Å². The summed E-state index contributed by atoms with van der Waals surface area (Å²) in [7, 11) is 0. The van der Waals surface area contributed by atoms with Gasteiger partial charge in [0.15, 0.2) is 0 Å². The van der Waals surface area contributed by atoms with E-state index >= 15 is 0 Å². The Bertz CT molecular complexity index is 187. The lowest BCUT2D eigenvalue weighted by Gasteiger charge is -2.36. The van der Waals surface area contributed by atoms with E-state index in [0.29, 0.717) is 12.1 Å². The minimum absolute atomic E-state index is 0.358.